The maximum atomic E-state index is 12.2. The van der Waals surface area contributed by atoms with Gasteiger partial charge >= 0.3 is 0 Å². The number of nitrogens with zero attached hydrogens (tertiary/aromatic N) is 1. The third-order valence-corrected chi connectivity index (χ3v) is 5.27. The van der Waals surface area contributed by atoms with Crippen molar-refractivity contribution in [2.24, 2.45) is 0 Å². The van der Waals surface area contributed by atoms with Gasteiger partial charge in [-0.25, -0.2) is 0 Å². The topological polar surface area (TPSA) is 41.6 Å². The maximum Gasteiger partial charge on any atom is 0.244 e. The van der Waals surface area contributed by atoms with Crippen molar-refractivity contribution in [1.29, 1.82) is 0 Å². The summed E-state index contributed by atoms with van der Waals surface area (Å²) in [7, 11) is 0. The third-order valence-electron chi connectivity index (χ3n) is 5.27. The normalized spacial score (nSPS) is 21.7. The molecule has 0 atom stereocenters. The van der Waals surface area contributed by atoms with Gasteiger partial charge in [0.05, 0.1) is 0 Å². The summed E-state index contributed by atoms with van der Waals surface area (Å²) < 4.78 is 5.57. The van der Waals surface area contributed by atoms with Gasteiger partial charge in [0.1, 0.15) is 0 Å². The lowest BCUT2D eigenvalue weighted by molar-refractivity contribution is -0.118. The summed E-state index contributed by atoms with van der Waals surface area (Å²) in [6, 6.07) is 9.93. The van der Waals surface area contributed by atoms with E-state index < -0.39 is 0 Å². The highest BCUT2D eigenvalue weighted by Gasteiger charge is 2.38. The maximum absolute atomic E-state index is 12.2. The smallest absolute Gasteiger partial charge is 0.244 e. The SMILES string of the molecule is O=C(C=Cc1ccccc1)NCC1(N2CCCCC2)CCOCC1. The summed E-state index contributed by atoms with van der Waals surface area (Å²) in [5.74, 6) is -0.0123. The Kier molecular flexibility index (Phi) is 6.05. The van der Waals surface area contributed by atoms with Crippen LogP contribution >= 0.6 is 0 Å². The highest BCUT2D eigenvalue weighted by atomic mass is 16.5. The standard InChI is InChI=1S/C20H28N2O2/c23-19(10-9-18-7-3-1-4-8-18)21-17-20(11-15-24-16-12-20)22-13-5-2-6-14-22/h1,3-4,7-10H,2,5-6,11-17H2,(H,21,23). The summed E-state index contributed by atoms with van der Waals surface area (Å²) in [6.45, 7) is 4.61. The van der Waals surface area contributed by atoms with Gasteiger partial charge in [-0.05, 0) is 50.4 Å². The van der Waals surface area contributed by atoms with E-state index in [-0.39, 0.29) is 11.4 Å². The van der Waals surface area contributed by atoms with Crippen molar-refractivity contribution in [3.05, 3.63) is 42.0 Å². The van der Waals surface area contributed by atoms with Gasteiger partial charge in [-0.3, -0.25) is 9.69 Å². The number of nitrogens with one attached hydrogen (secondary N) is 1. The lowest BCUT2D eigenvalue weighted by Crippen LogP contribution is -2.59. The first-order valence-electron chi connectivity index (χ1n) is 9.12. The molecule has 2 aliphatic rings. The molecule has 1 aromatic rings. The van der Waals surface area contributed by atoms with Gasteiger partial charge in [-0.1, -0.05) is 36.8 Å². The van der Waals surface area contributed by atoms with Gasteiger partial charge in [-0.15, -0.1) is 0 Å². The van der Waals surface area contributed by atoms with Crippen LogP contribution in [0.15, 0.2) is 36.4 Å². The lowest BCUT2D eigenvalue weighted by Gasteiger charge is -2.48. The summed E-state index contributed by atoms with van der Waals surface area (Å²) >= 11 is 0. The van der Waals surface area contributed by atoms with Crippen molar-refractivity contribution in [2.45, 2.75) is 37.6 Å². The van der Waals surface area contributed by atoms with Crippen LogP contribution < -0.4 is 5.32 Å². The van der Waals surface area contributed by atoms with Crippen molar-refractivity contribution in [2.75, 3.05) is 32.8 Å². The lowest BCUT2D eigenvalue weighted by atomic mass is 9.86. The van der Waals surface area contributed by atoms with E-state index in [1.165, 1.54) is 19.3 Å². The van der Waals surface area contributed by atoms with E-state index in [4.69, 9.17) is 4.74 Å². The van der Waals surface area contributed by atoms with Crippen LogP contribution in [-0.4, -0.2) is 49.2 Å². The highest BCUT2D eigenvalue weighted by Crippen LogP contribution is 2.30. The number of ether oxygens (including phenoxy) is 1. The van der Waals surface area contributed by atoms with Gasteiger partial charge in [-0.2, -0.15) is 0 Å². The number of rotatable bonds is 5. The van der Waals surface area contributed by atoms with E-state index in [2.05, 4.69) is 10.2 Å². The second-order valence-electron chi connectivity index (χ2n) is 6.85. The van der Waals surface area contributed by atoms with Gasteiger partial charge in [0.15, 0.2) is 0 Å². The Labute approximate surface area is 144 Å². The minimum atomic E-state index is -0.0123. The average Bonchev–Trinajstić information content (AvgIpc) is 2.67. The van der Waals surface area contributed by atoms with Crippen LogP contribution in [0.2, 0.25) is 0 Å². The van der Waals surface area contributed by atoms with Gasteiger partial charge in [0, 0.05) is 31.4 Å². The second kappa shape index (κ2) is 8.45. The zero-order valence-electron chi connectivity index (χ0n) is 14.4. The Morgan fingerprint density at radius 3 is 2.54 bits per heavy atom. The van der Waals surface area contributed by atoms with E-state index in [9.17, 15) is 4.79 Å². The van der Waals surface area contributed by atoms with E-state index in [1.807, 2.05) is 36.4 Å². The van der Waals surface area contributed by atoms with Crippen LogP contribution in [0.25, 0.3) is 6.08 Å². The second-order valence-corrected chi connectivity index (χ2v) is 6.85. The predicted octanol–water partition coefficient (Wildman–Crippen LogP) is 2.85. The van der Waals surface area contributed by atoms with Crippen LogP contribution in [0.5, 0.6) is 0 Å². The summed E-state index contributed by atoms with van der Waals surface area (Å²) in [5.41, 5.74) is 1.12. The molecule has 1 amide bonds. The molecular weight excluding hydrogens is 300 g/mol. The molecule has 4 nitrogen and oxygen atoms in total. The number of hydrogen-bond acceptors (Lipinski definition) is 3. The van der Waals surface area contributed by atoms with Crippen LogP contribution in [0.3, 0.4) is 0 Å². The van der Waals surface area contributed by atoms with Crippen molar-refractivity contribution >= 4 is 12.0 Å². The number of amides is 1. The van der Waals surface area contributed by atoms with E-state index in [0.29, 0.717) is 6.54 Å². The molecule has 0 saturated carbocycles. The third kappa shape index (κ3) is 4.46. The Morgan fingerprint density at radius 1 is 1.12 bits per heavy atom. The fourth-order valence-electron chi connectivity index (χ4n) is 3.77. The number of carbonyl (C=O) groups excluding carboxylic acids is 1. The highest BCUT2D eigenvalue weighted by molar-refractivity contribution is 5.91. The first-order valence-corrected chi connectivity index (χ1v) is 9.12. The molecule has 2 aliphatic heterocycles. The fraction of sp³-hybridized carbons (Fsp3) is 0.550. The Bertz CT molecular complexity index is 544. The zero-order chi connectivity index (χ0) is 16.7. The minimum Gasteiger partial charge on any atom is -0.381 e. The number of carbonyl (C=O) groups is 1. The molecule has 130 valence electrons. The van der Waals surface area contributed by atoms with Crippen molar-refractivity contribution in [3.8, 4) is 0 Å². The molecule has 24 heavy (non-hydrogen) atoms. The van der Waals surface area contributed by atoms with Gasteiger partial charge < -0.3 is 10.1 Å². The number of likely N-dealkylation sites (tertiary alicyclic amines) is 1. The summed E-state index contributed by atoms with van der Waals surface area (Å²) in [5, 5.41) is 3.14. The molecule has 0 spiro atoms. The van der Waals surface area contributed by atoms with Gasteiger partial charge in [0.2, 0.25) is 5.91 Å². The molecule has 3 rings (SSSR count). The molecule has 1 N–H and O–H groups in total. The molecule has 0 aromatic heterocycles. The largest absolute Gasteiger partial charge is 0.381 e. The van der Waals surface area contributed by atoms with Crippen molar-refractivity contribution < 1.29 is 9.53 Å². The molecule has 0 radical (unpaired) electrons. The first kappa shape index (κ1) is 17.2. The fourth-order valence-corrected chi connectivity index (χ4v) is 3.77. The zero-order valence-corrected chi connectivity index (χ0v) is 14.4. The van der Waals surface area contributed by atoms with Crippen molar-refractivity contribution in [1.82, 2.24) is 10.2 Å². The van der Waals surface area contributed by atoms with Crippen LogP contribution in [0, 0.1) is 0 Å². The van der Waals surface area contributed by atoms with Crippen LogP contribution in [-0.2, 0) is 9.53 Å². The number of benzene rings is 1. The molecule has 2 saturated heterocycles. The molecule has 2 heterocycles. The molecule has 2 fully saturated rings. The average molecular weight is 328 g/mol. The molecule has 0 aliphatic carbocycles. The number of piperidine rings is 1. The number of hydrogen-bond donors (Lipinski definition) is 1. The van der Waals surface area contributed by atoms with Crippen LogP contribution in [0.1, 0.15) is 37.7 Å². The first-order chi connectivity index (χ1) is 11.8. The summed E-state index contributed by atoms with van der Waals surface area (Å²) in [6.07, 6.45) is 9.39. The summed E-state index contributed by atoms with van der Waals surface area (Å²) in [4.78, 5) is 14.8. The Balaban J connectivity index is 1.58. The molecule has 0 bridgehead atoms. The Hall–Kier alpha value is -1.65. The Morgan fingerprint density at radius 2 is 1.83 bits per heavy atom. The molecule has 4 heteroatoms. The molecule has 1 aromatic carbocycles. The van der Waals surface area contributed by atoms with Crippen LogP contribution in [0.4, 0.5) is 0 Å². The van der Waals surface area contributed by atoms with E-state index >= 15 is 0 Å². The predicted molar refractivity (Wildman–Crippen MR) is 96.7 cm³/mol. The van der Waals surface area contributed by atoms with Crippen molar-refractivity contribution in [3.63, 3.8) is 0 Å². The minimum absolute atomic E-state index is 0.0123. The van der Waals surface area contributed by atoms with E-state index in [0.717, 1.165) is 44.7 Å². The monoisotopic (exact) mass is 328 g/mol. The quantitative estimate of drug-likeness (QED) is 0.845. The van der Waals surface area contributed by atoms with Gasteiger partial charge in [0.25, 0.3) is 0 Å². The van der Waals surface area contributed by atoms with E-state index in [1.54, 1.807) is 6.08 Å². The molecule has 0 unspecified atom stereocenters. The molecular formula is C20H28N2O2.